The molecule has 0 spiro atoms. The third kappa shape index (κ3) is 3.08. The van der Waals surface area contributed by atoms with Gasteiger partial charge in [-0.05, 0) is 48.5 Å². The zero-order valence-corrected chi connectivity index (χ0v) is 12.8. The molecule has 0 bridgehead atoms. The van der Waals surface area contributed by atoms with E-state index in [1.165, 1.54) is 7.11 Å². The first kappa shape index (κ1) is 14.8. The van der Waals surface area contributed by atoms with E-state index in [-0.39, 0.29) is 5.97 Å². The predicted octanol–water partition coefficient (Wildman–Crippen LogP) is 3.80. The lowest BCUT2D eigenvalue weighted by Crippen LogP contribution is -2.00. The van der Waals surface area contributed by atoms with E-state index in [2.05, 4.69) is 9.72 Å². The lowest BCUT2D eigenvalue weighted by molar-refractivity contribution is 0.0600. The van der Waals surface area contributed by atoms with Gasteiger partial charge in [0.2, 0.25) is 5.89 Å². The number of esters is 1. The van der Waals surface area contributed by atoms with E-state index < -0.39 is 0 Å². The fourth-order valence-corrected chi connectivity index (χ4v) is 2.17. The molecule has 0 N–H and O–H groups in total. The van der Waals surface area contributed by atoms with Crippen molar-refractivity contribution in [2.75, 3.05) is 14.2 Å². The Morgan fingerprint density at radius 2 is 1.61 bits per heavy atom. The molecule has 116 valence electrons. The molecule has 0 atom stereocenters. The molecule has 3 rings (SSSR count). The van der Waals surface area contributed by atoms with Crippen molar-refractivity contribution in [3.63, 3.8) is 0 Å². The highest BCUT2D eigenvalue weighted by Gasteiger charge is 2.10. The number of hydrogen-bond donors (Lipinski definition) is 0. The third-order valence-electron chi connectivity index (χ3n) is 3.44. The Hall–Kier alpha value is -3.08. The van der Waals surface area contributed by atoms with E-state index >= 15 is 0 Å². The second kappa shape index (κ2) is 6.36. The van der Waals surface area contributed by atoms with Gasteiger partial charge in [-0.15, -0.1) is 0 Å². The van der Waals surface area contributed by atoms with Crippen LogP contribution in [0.5, 0.6) is 5.75 Å². The molecule has 5 heteroatoms. The number of oxazole rings is 1. The fourth-order valence-electron chi connectivity index (χ4n) is 2.17. The molecule has 23 heavy (non-hydrogen) atoms. The second-order valence-corrected chi connectivity index (χ2v) is 4.84. The molecular formula is C18H15NO4. The Labute approximate surface area is 133 Å². The van der Waals surface area contributed by atoms with Gasteiger partial charge in [0.15, 0.2) is 0 Å². The van der Waals surface area contributed by atoms with Crippen molar-refractivity contribution in [2.45, 2.75) is 0 Å². The van der Waals surface area contributed by atoms with Gasteiger partial charge in [0.1, 0.15) is 17.7 Å². The monoisotopic (exact) mass is 309 g/mol. The largest absolute Gasteiger partial charge is 0.497 e. The Morgan fingerprint density at radius 1 is 0.957 bits per heavy atom. The average molecular weight is 309 g/mol. The number of hydrogen-bond acceptors (Lipinski definition) is 5. The standard InChI is InChI=1S/C18H15NO4/c1-21-15-9-7-12(8-10-15)16-11-23-17(19-16)13-3-5-14(6-4-13)18(20)22-2/h3-11H,1-2H3. The zero-order chi connectivity index (χ0) is 16.2. The summed E-state index contributed by atoms with van der Waals surface area (Å²) < 4.78 is 15.3. The van der Waals surface area contributed by atoms with Gasteiger partial charge >= 0.3 is 5.97 Å². The van der Waals surface area contributed by atoms with E-state index in [1.807, 2.05) is 24.3 Å². The van der Waals surface area contributed by atoms with Gasteiger partial charge in [0.25, 0.3) is 0 Å². The quantitative estimate of drug-likeness (QED) is 0.686. The van der Waals surface area contributed by atoms with Gasteiger partial charge in [0.05, 0.1) is 19.8 Å². The van der Waals surface area contributed by atoms with Gasteiger partial charge in [-0.3, -0.25) is 0 Å². The SMILES string of the molecule is COC(=O)c1ccc(-c2nc(-c3ccc(OC)cc3)co2)cc1. The van der Waals surface area contributed by atoms with Gasteiger partial charge in [-0.2, -0.15) is 0 Å². The number of carbonyl (C=O) groups excluding carboxylic acids is 1. The highest BCUT2D eigenvalue weighted by molar-refractivity contribution is 5.89. The van der Waals surface area contributed by atoms with Crippen molar-refractivity contribution in [3.05, 3.63) is 60.4 Å². The Kier molecular flexibility index (Phi) is 4.10. The second-order valence-electron chi connectivity index (χ2n) is 4.84. The number of nitrogens with zero attached hydrogens (tertiary/aromatic N) is 1. The molecular weight excluding hydrogens is 294 g/mol. The molecule has 0 saturated carbocycles. The first-order valence-electron chi connectivity index (χ1n) is 7.00. The molecule has 0 saturated heterocycles. The Balaban J connectivity index is 1.84. The van der Waals surface area contributed by atoms with Crippen LogP contribution in [0.4, 0.5) is 0 Å². The molecule has 3 aromatic rings. The van der Waals surface area contributed by atoms with Crippen LogP contribution in [0.2, 0.25) is 0 Å². The summed E-state index contributed by atoms with van der Waals surface area (Å²) in [5, 5.41) is 0. The first-order chi connectivity index (χ1) is 11.2. The Morgan fingerprint density at radius 3 is 2.22 bits per heavy atom. The molecule has 2 aromatic carbocycles. The minimum atomic E-state index is -0.372. The summed E-state index contributed by atoms with van der Waals surface area (Å²) >= 11 is 0. The van der Waals surface area contributed by atoms with Gasteiger partial charge in [-0.1, -0.05) is 0 Å². The zero-order valence-electron chi connectivity index (χ0n) is 12.8. The van der Waals surface area contributed by atoms with Crippen LogP contribution >= 0.6 is 0 Å². The summed E-state index contributed by atoms with van der Waals surface area (Å²) in [6, 6.07) is 14.5. The van der Waals surface area contributed by atoms with Crippen molar-refractivity contribution < 1.29 is 18.7 Å². The van der Waals surface area contributed by atoms with E-state index in [0.717, 1.165) is 22.6 Å². The number of methoxy groups -OCH3 is 2. The van der Waals surface area contributed by atoms with Crippen molar-refractivity contribution in [3.8, 4) is 28.5 Å². The summed E-state index contributed by atoms with van der Waals surface area (Å²) in [5.41, 5.74) is 2.95. The van der Waals surface area contributed by atoms with Gasteiger partial charge in [0, 0.05) is 11.1 Å². The number of carbonyl (C=O) groups is 1. The number of aromatic nitrogens is 1. The van der Waals surface area contributed by atoms with Crippen LogP contribution in [-0.4, -0.2) is 25.2 Å². The van der Waals surface area contributed by atoms with Crippen LogP contribution in [-0.2, 0) is 4.74 Å². The molecule has 0 amide bonds. The van der Waals surface area contributed by atoms with Crippen molar-refractivity contribution >= 4 is 5.97 Å². The molecule has 0 unspecified atom stereocenters. The Bertz CT molecular complexity index is 804. The molecule has 0 aliphatic heterocycles. The normalized spacial score (nSPS) is 10.3. The van der Waals surface area contributed by atoms with E-state index in [0.29, 0.717) is 11.5 Å². The maximum Gasteiger partial charge on any atom is 0.337 e. The van der Waals surface area contributed by atoms with E-state index in [9.17, 15) is 4.79 Å². The minimum absolute atomic E-state index is 0.372. The molecule has 0 aliphatic rings. The molecule has 0 radical (unpaired) electrons. The molecule has 1 aromatic heterocycles. The highest BCUT2D eigenvalue weighted by atomic mass is 16.5. The average Bonchev–Trinajstić information content (AvgIpc) is 3.11. The van der Waals surface area contributed by atoms with Crippen molar-refractivity contribution in [1.29, 1.82) is 0 Å². The van der Waals surface area contributed by atoms with Crippen molar-refractivity contribution in [2.24, 2.45) is 0 Å². The van der Waals surface area contributed by atoms with Crippen LogP contribution in [0.25, 0.3) is 22.7 Å². The van der Waals surface area contributed by atoms with Gasteiger partial charge in [-0.25, -0.2) is 9.78 Å². The minimum Gasteiger partial charge on any atom is -0.497 e. The lowest BCUT2D eigenvalue weighted by atomic mass is 10.1. The summed E-state index contributed by atoms with van der Waals surface area (Å²) in [7, 11) is 2.98. The molecule has 0 aliphatic carbocycles. The van der Waals surface area contributed by atoms with Crippen LogP contribution in [0.1, 0.15) is 10.4 Å². The van der Waals surface area contributed by atoms with Crippen LogP contribution in [0.3, 0.4) is 0 Å². The molecule has 1 heterocycles. The number of ether oxygens (including phenoxy) is 2. The third-order valence-corrected chi connectivity index (χ3v) is 3.44. The summed E-state index contributed by atoms with van der Waals surface area (Å²) in [6.07, 6.45) is 1.60. The van der Waals surface area contributed by atoms with Crippen LogP contribution < -0.4 is 4.74 Å². The lowest BCUT2D eigenvalue weighted by Gasteiger charge is -2.00. The van der Waals surface area contributed by atoms with Gasteiger partial charge < -0.3 is 13.9 Å². The van der Waals surface area contributed by atoms with Crippen LogP contribution in [0.15, 0.2) is 59.2 Å². The number of rotatable bonds is 4. The highest BCUT2D eigenvalue weighted by Crippen LogP contribution is 2.26. The van der Waals surface area contributed by atoms with E-state index in [1.54, 1.807) is 37.6 Å². The summed E-state index contributed by atoms with van der Waals surface area (Å²) in [5.74, 6) is 0.908. The molecule has 0 fully saturated rings. The maximum atomic E-state index is 11.4. The van der Waals surface area contributed by atoms with Crippen LogP contribution in [0, 0.1) is 0 Å². The first-order valence-corrected chi connectivity index (χ1v) is 7.00. The topological polar surface area (TPSA) is 61.6 Å². The fraction of sp³-hybridized carbons (Fsp3) is 0.111. The van der Waals surface area contributed by atoms with E-state index in [4.69, 9.17) is 9.15 Å². The number of benzene rings is 2. The van der Waals surface area contributed by atoms with Crippen molar-refractivity contribution in [1.82, 2.24) is 4.98 Å². The summed E-state index contributed by atoms with van der Waals surface area (Å²) in [6.45, 7) is 0. The maximum absolute atomic E-state index is 11.4. The smallest absolute Gasteiger partial charge is 0.337 e. The molecule has 5 nitrogen and oxygen atoms in total. The predicted molar refractivity (Wildman–Crippen MR) is 85.3 cm³/mol. The summed E-state index contributed by atoms with van der Waals surface area (Å²) in [4.78, 5) is 15.9.